The van der Waals surface area contributed by atoms with Crippen LogP contribution in [0.1, 0.15) is 11.1 Å². The molecule has 0 aromatic heterocycles. The van der Waals surface area contributed by atoms with Gasteiger partial charge in [0.2, 0.25) is 0 Å². The first kappa shape index (κ1) is 10.4. The summed E-state index contributed by atoms with van der Waals surface area (Å²) in [6, 6.07) is 8.07. The smallest absolute Gasteiger partial charge is 0.100 e. The van der Waals surface area contributed by atoms with Gasteiger partial charge in [0.25, 0.3) is 0 Å². The lowest BCUT2D eigenvalue weighted by atomic mass is 10.2. The maximum Gasteiger partial charge on any atom is 0.100 e. The predicted octanol–water partition coefficient (Wildman–Crippen LogP) is 3.20. The van der Waals surface area contributed by atoms with E-state index in [1.807, 2.05) is 25.1 Å². The van der Waals surface area contributed by atoms with Gasteiger partial charge >= 0.3 is 0 Å². The van der Waals surface area contributed by atoms with Crippen molar-refractivity contribution in [3.8, 4) is 6.07 Å². The Morgan fingerprint density at radius 3 is 2.92 bits per heavy atom. The zero-order chi connectivity index (χ0) is 9.68. The Labute approximate surface area is 87.7 Å². The summed E-state index contributed by atoms with van der Waals surface area (Å²) < 4.78 is 0. The number of alkyl halides is 1. The van der Waals surface area contributed by atoms with Crippen LogP contribution in [0.25, 0.3) is 0 Å². The fourth-order valence-electron chi connectivity index (χ4n) is 1.01. The van der Waals surface area contributed by atoms with E-state index < -0.39 is 0 Å². The van der Waals surface area contributed by atoms with Gasteiger partial charge in [0.05, 0.1) is 5.56 Å². The Balaban J connectivity index is 2.88. The summed E-state index contributed by atoms with van der Waals surface area (Å²) in [4.78, 5) is 1.02. The first-order chi connectivity index (χ1) is 6.27. The van der Waals surface area contributed by atoms with E-state index in [9.17, 15) is 0 Å². The van der Waals surface area contributed by atoms with E-state index in [0.29, 0.717) is 5.88 Å². The summed E-state index contributed by atoms with van der Waals surface area (Å²) in [5.74, 6) is 1.46. The number of rotatable bonds is 3. The third kappa shape index (κ3) is 2.95. The fraction of sp³-hybridized carbons (Fsp3) is 0.300. The Bertz CT molecular complexity index is 330. The molecule has 0 bridgehead atoms. The molecule has 1 aromatic rings. The van der Waals surface area contributed by atoms with Crippen LogP contribution in [0.5, 0.6) is 0 Å². The number of aryl methyl sites for hydroxylation is 1. The number of halogens is 1. The molecule has 0 fully saturated rings. The summed E-state index contributed by atoms with van der Waals surface area (Å²) >= 11 is 7.20. The molecule has 0 atom stereocenters. The predicted molar refractivity (Wildman–Crippen MR) is 57.3 cm³/mol. The lowest BCUT2D eigenvalue weighted by Gasteiger charge is -2.02. The van der Waals surface area contributed by atoms with Crippen LogP contribution in [0.2, 0.25) is 0 Å². The van der Waals surface area contributed by atoms with E-state index >= 15 is 0 Å². The van der Waals surface area contributed by atoms with Crippen molar-refractivity contribution in [1.82, 2.24) is 0 Å². The summed E-state index contributed by atoms with van der Waals surface area (Å²) in [5, 5.41) is 8.85. The average molecular weight is 212 g/mol. The van der Waals surface area contributed by atoms with Gasteiger partial charge in [0.15, 0.2) is 0 Å². The number of hydrogen-bond donors (Lipinski definition) is 0. The van der Waals surface area contributed by atoms with Crippen LogP contribution in [-0.4, -0.2) is 11.6 Å². The largest absolute Gasteiger partial charge is 0.192 e. The van der Waals surface area contributed by atoms with Gasteiger partial charge < -0.3 is 0 Å². The molecule has 0 aliphatic heterocycles. The third-order valence-corrected chi connectivity index (χ3v) is 3.08. The third-order valence-electron chi connectivity index (χ3n) is 1.59. The minimum absolute atomic E-state index is 0.614. The Hall–Kier alpha value is -0.650. The van der Waals surface area contributed by atoms with Crippen LogP contribution in [0.15, 0.2) is 23.1 Å². The second-order valence-electron chi connectivity index (χ2n) is 2.65. The number of nitriles is 1. The Kier molecular flexibility index (Phi) is 4.14. The van der Waals surface area contributed by atoms with Crippen LogP contribution in [0.3, 0.4) is 0 Å². The molecule has 68 valence electrons. The monoisotopic (exact) mass is 211 g/mol. The van der Waals surface area contributed by atoms with Gasteiger partial charge in [0.1, 0.15) is 6.07 Å². The number of nitrogens with zero attached hydrogens (tertiary/aromatic N) is 1. The standard InChI is InChI=1S/C10H10ClNS/c1-8-2-3-10(13-5-4-11)9(6-8)7-12/h2-3,6H,4-5H2,1H3. The lowest BCUT2D eigenvalue weighted by molar-refractivity contribution is 1.31. The van der Waals surface area contributed by atoms with Crippen molar-refractivity contribution in [3.63, 3.8) is 0 Å². The molecule has 0 unspecified atom stereocenters. The molecule has 1 aromatic carbocycles. The van der Waals surface area contributed by atoms with E-state index in [2.05, 4.69) is 6.07 Å². The van der Waals surface area contributed by atoms with Crippen LogP contribution >= 0.6 is 23.4 Å². The van der Waals surface area contributed by atoms with Crippen molar-refractivity contribution in [2.45, 2.75) is 11.8 Å². The maximum atomic E-state index is 8.85. The molecule has 0 N–H and O–H groups in total. The average Bonchev–Trinajstić information content (AvgIpc) is 2.16. The van der Waals surface area contributed by atoms with E-state index in [0.717, 1.165) is 21.8 Å². The summed E-state index contributed by atoms with van der Waals surface area (Å²) in [7, 11) is 0. The second kappa shape index (κ2) is 5.16. The minimum atomic E-state index is 0.614. The highest BCUT2D eigenvalue weighted by Gasteiger charge is 2.01. The quantitative estimate of drug-likeness (QED) is 0.567. The van der Waals surface area contributed by atoms with Crippen LogP contribution in [0.4, 0.5) is 0 Å². The number of thioether (sulfide) groups is 1. The molecule has 0 saturated heterocycles. The van der Waals surface area contributed by atoms with Gasteiger partial charge in [-0.25, -0.2) is 0 Å². The maximum absolute atomic E-state index is 8.85. The SMILES string of the molecule is Cc1ccc(SCCCl)c(C#N)c1. The van der Waals surface area contributed by atoms with Crippen molar-refractivity contribution in [3.05, 3.63) is 29.3 Å². The van der Waals surface area contributed by atoms with Gasteiger partial charge in [0, 0.05) is 16.5 Å². The number of benzene rings is 1. The normalized spacial score (nSPS) is 9.62. The molecule has 13 heavy (non-hydrogen) atoms. The summed E-state index contributed by atoms with van der Waals surface area (Å²) in [6.07, 6.45) is 0. The van der Waals surface area contributed by atoms with Crippen molar-refractivity contribution < 1.29 is 0 Å². The summed E-state index contributed by atoms with van der Waals surface area (Å²) in [5.41, 5.74) is 1.86. The van der Waals surface area contributed by atoms with Gasteiger partial charge in [-0.2, -0.15) is 5.26 Å². The van der Waals surface area contributed by atoms with Crippen molar-refractivity contribution in [1.29, 1.82) is 5.26 Å². The zero-order valence-electron chi connectivity index (χ0n) is 7.38. The zero-order valence-corrected chi connectivity index (χ0v) is 8.95. The van der Waals surface area contributed by atoms with E-state index in [4.69, 9.17) is 16.9 Å². The highest BCUT2D eigenvalue weighted by atomic mass is 35.5. The summed E-state index contributed by atoms with van der Waals surface area (Å²) in [6.45, 7) is 1.98. The van der Waals surface area contributed by atoms with E-state index in [-0.39, 0.29) is 0 Å². The molecule has 0 saturated carbocycles. The molecule has 0 aliphatic rings. The number of hydrogen-bond acceptors (Lipinski definition) is 2. The topological polar surface area (TPSA) is 23.8 Å². The molecular formula is C10H10ClNS. The Morgan fingerprint density at radius 1 is 1.54 bits per heavy atom. The molecule has 1 rings (SSSR count). The van der Waals surface area contributed by atoms with Crippen LogP contribution in [0, 0.1) is 18.3 Å². The minimum Gasteiger partial charge on any atom is -0.192 e. The highest BCUT2D eigenvalue weighted by Crippen LogP contribution is 2.23. The molecule has 3 heteroatoms. The van der Waals surface area contributed by atoms with Crippen molar-refractivity contribution in [2.24, 2.45) is 0 Å². The molecule has 0 radical (unpaired) electrons. The van der Waals surface area contributed by atoms with Crippen LogP contribution < -0.4 is 0 Å². The van der Waals surface area contributed by atoms with Gasteiger partial charge in [-0.15, -0.1) is 23.4 Å². The fourth-order valence-corrected chi connectivity index (χ4v) is 1.96. The van der Waals surface area contributed by atoms with E-state index in [1.165, 1.54) is 0 Å². The van der Waals surface area contributed by atoms with Gasteiger partial charge in [-0.3, -0.25) is 0 Å². The van der Waals surface area contributed by atoms with Crippen molar-refractivity contribution in [2.75, 3.05) is 11.6 Å². The highest BCUT2D eigenvalue weighted by molar-refractivity contribution is 7.99. The molecular weight excluding hydrogens is 202 g/mol. The van der Waals surface area contributed by atoms with Gasteiger partial charge in [-0.1, -0.05) is 6.07 Å². The molecule has 0 heterocycles. The second-order valence-corrected chi connectivity index (χ2v) is 4.16. The van der Waals surface area contributed by atoms with Crippen molar-refractivity contribution >= 4 is 23.4 Å². The first-order valence-electron chi connectivity index (χ1n) is 3.97. The molecule has 0 spiro atoms. The van der Waals surface area contributed by atoms with Crippen LogP contribution in [-0.2, 0) is 0 Å². The molecule has 0 amide bonds. The Morgan fingerprint density at radius 2 is 2.31 bits per heavy atom. The first-order valence-corrected chi connectivity index (χ1v) is 5.49. The van der Waals surface area contributed by atoms with Gasteiger partial charge in [-0.05, 0) is 24.6 Å². The van der Waals surface area contributed by atoms with E-state index in [1.54, 1.807) is 11.8 Å². The molecule has 0 aliphatic carbocycles. The molecule has 1 nitrogen and oxygen atoms in total. The lowest BCUT2D eigenvalue weighted by Crippen LogP contribution is -1.85.